The molecule has 1 heterocycles. The maximum atomic E-state index is 12.3. The molecule has 4 heteroatoms. The Kier molecular flexibility index (Phi) is 3.90. The van der Waals surface area contributed by atoms with Crippen LogP contribution in [0.4, 0.5) is 5.69 Å². The van der Waals surface area contributed by atoms with Crippen molar-refractivity contribution in [3.8, 4) is 0 Å². The highest BCUT2D eigenvalue weighted by atomic mass is 32.1. The molecule has 2 N–H and O–H groups in total. The van der Waals surface area contributed by atoms with Gasteiger partial charge in [0.1, 0.15) is 0 Å². The summed E-state index contributed by atoms with van der Waals surface area (Å²) < 4.78 is 0. The van der Waals surface area contributed by atoms with Crippen LogP contribution >= 0.6 is 11.3 Å². The van der Waals surface area contributed by atoms with Crippen LogP contribution in [0.2, 0.25) is 0 Å². The fourth-order valence-corrected chi connectivity index (χ4v) is 2.86. The number of hydrogen-bond acceptors (Lipinski definition) is 3. The lowest BCUT2D eigenvalue weighted by Crippen LogP contribution is -2.25. The summed E-state index contributed by atoms with van der Waals surface area (Å²) >= 11 is 1.55. The average Bonchev–Trinajstić information content (AvgIpc) is 2.71. The van der Waals surface area contributed by atoms with Gasteiger partial charge in [0.2, 0.25) is 0 Å². The second-order valence-corrected chi connectivity index (χ2v) is 6.01. The lowest BCUT2D eigenvalue weighted by Gasteiger charge is -2.16. The van der Waals surface area contributed by atoms with Crippen molar-refractivity contribution in [3.05, 3.63) is 51.2 Å². The number of thiophene rings is 1. The Balaban J connectivity index is 2.09. The minimum atomic E-state index is 0.0676. The maximum Gasteiger partial charge on any atom is 0.263 e. The Morgan fingerprint density at radius 3 is 2.42 bits per heavy atom. The van der Waals surface area contributed by atoms with Crippen molar-refractivity contribution < 1.29 is 4.79 Å². The summed E-state index contributed by atoms with van der Waals surface area (Å²) in [5.74, 6) is 0.0676. The highest BCUT2D eigenvalue weighted by Gasteiger charge is 2.15. The Morgan fingerprint density at radius 2 is 1.89 bits per heavy atom. The molecule has 0 unspecified atom stereocenters. The lowest BCUT2D eigenvalue weighted by molar-refractivity contribution is 0.0790. The third-order valence-corrected chi connectivity index (χ3v) is 4.26. The summed E-state index contributed by atoms with van der Waals surface area (Å²) in [5.41, 5.74) is 8.64. The molecule has 0 aliphatic carbocycles. The normalized spacial score (nSPS) is 10.5. The van der Waals surface area contributed by atoms with Gasteiger partial charge < -0.3 is 10.6 Å². The number of hydrogen-bond donors (Lipinski definition) is 1. The number of rotatable bonds is 3. The molecule has 2 aromatic rings. The van der Waals surface area contributed by atoms with Gasteiger partial charge in [0.15, 0.2) is 0 Å². The highest BCUT2D eigenvalue weighted by molar-refractivity contribution is 7.14. The first-order valence-electron chi connectivity index (χ1n) is 6.14. The lowest BCUT2D eigenvalue weighted by atomic mass is 10.2. The van der Waals surface area contributed by atoms with E-state index in [4.69, 9.17) is 5.73 Å². The number of nitrogens with zero attached hydrogens (tertiary/aromatic N) is 1. The van der Waals surface area contributed by atoms with Crippen LogP contribution in [-0.2, 0) is 6.54 Å². The fraction of sp³-hybridized carbons (Fsp3) is 0.267. The molecule has 2 rings (SSSR count). The monoisotopic (exact) mass is 274 g/mol. The number of nitrogens with two attached hydrogens (primary N) is 1. The van der Waals surface area contributed by atoms with Gasteiger partial charge in [-0.05, 0) is 43.2 Å². The summed E-state index contributed by atoms with van der Waals surface area (Å²) in [7, 11) is 1.82. The van der Waals surface area contributed by atoms with Crippen LogP contribution in [0.25, 0.3) is 0 Å². The van der Waals surface area contributed by atoms with Crippen molar-refractivity contribution in [1.29, 1.82) is 0 Å². The van der Waals surface area contributed by atoms with Gasteiger partial charge in [-0.25, -0.2) is 0 Å². The largest absolute Gasteiger partial charge is 0.399 e. The second-order valence-electron chi connectivity index (χ2n) is 4.75. The van der Waals surface area contributed by atoms with Crippen molar-refractivity contribution in [2.45, 2.75) is 20.4 Å². The van der Waals surface area contributed by atoms with E-state index in [9.17, 15) is 4.79 Å². The third kappa shape index (κ3) is 3.15. The first kappa shape index (κ1) is 13.6. The van der Waals surface area contributed by atoms with E-state index >= 15 is 0 Å². The van der Waals surface area contributed by atoms with Crippen LogP contribution < -0.4 is 5.73 Å². The molecule has 0 spiro atoms. The molecule has 0 atom stereocenters. The molecule has 19 heavy (non-hydrogen) atoms. The zero-order valence-electron chi connectivity index (χ0n) is 11.4. The number of aryl methyl sites for hydroxylation is 2. The van der Waals surface area contributed by atoms with Crippen molar-refractivity contribution in [2.75, 3.05) is 12.8 Å². The number of anilines is 1. The number of carbonyl (C=O) groups excluding carboxylic acids is 1. The Morgan fingerprint density at radius 1 is 1.26 bits per heavy atom. The van der Waals surface area contributed by atoms with E-state index in [1.165, 1.54) is 10.4 Å². The first-order chi connectivity index (χ1) is 8.97. The number of benzene rings is 1. The van der Waals surface area contributed by atoms with E-state index < -0.39 is 0 Å². The summed E-state index contributed by atoms with van der Waals surface area (Å²) in [6.45, 7) is 4.66. The van der Waals surface area contributed by atoms with Gasteiger partial charge in [0, 0.05) is 24.2 Å². The second kappa shape index (κ2) is 5.45. The molecule has 100 valence electrons. The molecule has 1 amide bonds. The van der Waals surface area contributed by atoms with Crippen LogP contribution in [0.15, 0.2) is 30.3 Å². The predicted molar refractivity (Wildman–Crippen MR) is 80.4 cm³/mol. The Labute approximate surface area is 117 Å². The standard InChI is InChI=1S/C15H18N2OS/c1-10-8-14(19-11(10)2)15(18)17(3)9-12-4-6-13(16)7-5-12/h4-8H,9,16H2,1-3H3. The molecule has 1 aromatic carbocycles. The van der Waals surface area contributed by atoms with Crippen LogP contribution in [0.1, 0.15) is 25.7 Å². The summed E-state index contributed by atoms with van der Waals surface area (Å²) in [5, 5.41) is 0. The molecular weight excluding hydrogens is 256 g/mol. The Bertz CT molecular complexity index is 567. The zero-order chi connectivity index (χ0) is 14.0. The van der Waals surface area contributed by atoms with Crippen LogP contribution in [-0.4, -0.2) is 17.9 Å². The van der Waals surface area contributed by atoms with Crippen molar-refractivity contribution in [2.24, 2.45) is 0 Å². The zero-order valence-corrected chi connectivity index (χ0v) is 12.3. The van der Waals surface area contributed by atoms with Crippen molar-refractivity contribution in [3.63, 3.8) is 0 Å². The predicted octanol–water partition coefficient (Wildman–Crippen LogP) is 3.22. The van der Waals surface area contributed by atoms with Gasteiger partial charge in [-0.1, -0.05) is 12.1 Å². The third-order valence-electron chi connectivity index (χ3n) is 3.12. The van der Waals surface area contributed by atoms with E-state index in [0.29, 0.717) is 6.54 Å². The maximum absolute atomic E-state index is 12.3. The topological polar surface area (TPSA) is 46.3 Å². The minimum absolute atomic E-state index is 0.0676. The highest BCUT2D eigenvalue weighted by Crippen LogP contribution is 2.22. The fourth-order valence-electron chi connectivity index (χ4n) is 1.84. The SMILES string of the molecule is Cc1cc(C(=O)N(C)Cc2ccc(N)cc2)sc1C. The molecule has 0 saturated carbocycles. The first-order valence-corrected chi connectivity index (χ1v) is 6.96. The Hall–Kier alpha value is -1.81. The molecule has 0 aliphatic rings. The van der Waals surface area contributed by atoms with Crippen LogP contribution in [0, 0.1) is 13.8 Å². The average molecular weight is 274 g/mol. The minimum Gasteiger partial charge on any atom is -0.399 e. The van der Waals surface area contributed by atoms with E-state index in [1.807, 2.05) is 51.2 Å². The van der Waals surface area contributed by atoms with E-state index in [2.05, 4.69) is 0 Å². The summed E-state index contributed by atoms with van der Waals surface area (Å²) in [6.07, 6.45) is 0. The number of nitrogen functional groups attached to an aromatic ring is 1. The molecule has 0 radical (unpaired) electrons. The molecule has 0 saturated heterocycles. The van der Waals surface area contributed by atoms with Crippen LogP contribution in [0.3, 0.4) is 0 Å². The molecule has 3 nitrogen and oxygen atoms in total. The molecule has 0 bridgehead atoms. The smallest absolute Gasteiger partial charge is 0.263 e. The molecule has 0 aliphatic heterocycles. The summed E-state index contributed by atoms with van der Waals surface area (Å²) in [4.78, 5) is 16.0. The van der Waals surface area contributed by atoms with Gasteiger partial charge in [-0.15, -0.1) is 11.3 Å². The van der Waals surface area contributed by atoms with Gasteiger partial charge in [0.25, 0.3) is 5.91 Å². The van der Waals surface area contributed by atoms with Gasteiger partial charge in [-0.2, -0.15) is 0 Å². The number of amides is 1. The van der Waals surface area contributed by atoms with Gasteiger partial charge in [-0.3, -0.25) is 4.79 Å². The van der Waals surface area contributed by atoms with Crippen LogP contribution in [0.5, 0.6) is 0 Å². The van der Waals surface area contributed by atoms with E-state index in [1.54, 1.807) is 16.2 Å². The van der Waals surface area contributed by atoms with Crippen molar-refractivity contribution >= 4 is 22.9 Å². The molecule has 1 aromatic heterocycles. The molecular formula is C15H18N2OS. The van der Waals surface area contributed by atoms with E-state index in [0.717, 1.165) is 16.1 Å². The number of carbonyl (C=O) groups is 1. The van der Waals surface area contributed by atoms with Gasteiger partial charge >= 0.3 is 0 Å². The van der Waals surface area contributed by atoms with Crippen molar-refractivity contribution in [1.82, 2.24) is 4.90 Å². The van der Waals surface area contributed by atoms with Gasteiger partial charge in [0.05, 0.1) is 4.88 Å². The van der Waals surface area contributed by atoms with E-state index in [-0.39, 0.29) is 5.91 Å². The molecule has 0 fully saturated rings. The summed E-state index contributed by atoms with van der Waals surface area (Å²) in [6, 6.07) is 9.57. The quantitative estimate of drug-likeness (QED) is 0.874.